The minimum atomic E-state index is -0.410. The summed E-state index contributed by atoms with van der Waals surface area (Å²) in [6.07, 6.45) is 0. The Morgan fingerprint density at radius 3 is 2.00 bits per heavy atom. The van der Waals surface area contributed by atoms with Gasteiger partial charge in [-0.3, -0.25) is 4.79 Å². The number of carbonyl (C=O) groups excluding carboxylic acids is 2. The fourth-order valence-electron chi connectivity index (χ4n) is 1.98. The summed E-state index contributed by atoms with van der Waals surface area (Å²) in [6.45, 7) is 2.55. The van der Waals surface area contributed by atoms with Gasteiger partial charge in [-0.15, -0.1) is 0 Å². The van der Waals surface area contributed by atoms with Gasteiger partial charge in [-0.1, -0.05) is 42.0 Å². The molecule has 5 nitrogen and oxygen atoms in total. The van der Waals surface area contributed by atoms with E-state index in [0.717, 1.165) is 16.7 Å². The van der Waals surface area contributed by atoms with Gasteiger partial charge in [0.05, 0.1) is 6.54 Å². The third-order valence-corrected chi connectivity index (χ3v) is 3.39. The molecule has 24 heavy (non-hydrogen) atoms. The summed E-state index contributed by atoms with van der Waals surface area (Å²) in [5.41, 5.74) is 2.92. The highest BCUT2D eigenvalue weighted by atomic mass is 19.1. The first-order valence-corrected chi connectivity index (χ1v) is 7.61. The van der Waals surface area contributed by atoms with Gasteiger partial charge >= 0.3 is 6.03 Å². The number of benzene rings is 2. The monoisotopic (exact) mass is 329 g/mol. The largest absolute Gasteiger partial charge is 0.350 e. The zero-order valence-electron chi connectivity index (χ0n) is 13.4. The number of rotatable bonds is 6. The van der Waals surface area contributed by atoms with Crippen LogP contribution in [0.3, 0.4) is 0 Å². The van der Waals surface area contributed by atoms with Crippen LogP contribution in [0.4, 0.5) is 9.18 Å². The Balaban J connectivity index is 1.64. The van der Waals surface area contributed by atoms with Gasteiger partial charge in [-0.2, -0.15) is 0 Å². The van der Waals surface area contributed by atoms with Crippen molar-refractivity contribution < 1.29 is 14.0 Å². The van der Waals surface area contributed by atoms with E-state index >= 15 is 0 Å². The predicted octanol–water partition coefficient (Wildman–Crippen LogP) is 2.25. The van der Waals surface area contributed by atoms with Gasteiger partial charge in [0, 0.05) is 13.1 Å². The maximum Gasteiger partial charge on any atom is 0.315 e. The Morgan fingerprint density at radius 1 is 0.833 bits per heavy atom. The number of amides is 3. The van der Waals surface area contributed by atoms with Crippen LogP contribution in [0.15, 0.2) is 48.5 Å². The molecule has 0 saturated heterocycles. The number of nitrogens with one attached hydrogen (secondary N) is 3. The van der Waals surface area contributed by atoms with Gasteiger partial charge in [-0.25, -0.2) is 9.18 Å². The van der Waals surface area contributed by atoms with Crippen molar-refractivity contribution in [2.75, 3.05) is 6.54 Å². The lowest BCUT2D eigenvalue weighted by atomic mass is 10.1. The topological polar surface area (TPSA) is 70.2 Å². The average molecular weight is 329 g/mol. The van der Waals surface area contributed by atoms with Crippen LogP contribution in [0.1, 0.15) is 16.7 Å². The van der Waals surface area contributed by atoms with Crippen molar-refractivity contribution in [1.82, 2.24) is 16.0 Å². The van der Waals surface area contributed by atoms with Gasteiger partial charge in [0.15, 0.2) is 0 Å². The number of hydrogen-bond acceptors (Lipinski definition) is 2. The molecule has 0 unspecified atom stereocenters. The van der Waals surface area contributed by atoms with Crippen molar-refractivity contribution in [3.8, 4) is 0 Å². The van der Waals surface area contributed by atoms with Gasteiger partial charge in [0.25, 0.3) is 0 Å². The van der Waals surface area contributed by atoms with Crippen molar-refractivity contribution in [2.45, 2.75) is 20.0 Å². The molecular weight excluding hydrogens is 309 g/mol. The van der Waals surface area contributed by atoms with E-state index in [-0.39, 0.29) is 24.8 Å². The third-order valence-electron chi connectivity index (χ3n) is 3.39. The van der Waals surface area contributed by atoms with Crippen LogP contribution in [0.5, 0.6) is 0 Å². The van der Waals surface area contributed by atoms with Gasteiger partial charge < -0.3 is 16.0 Å². The summed E-state index contributed by atoms with van der Waals surface area (Å²) in [5.74, 6) is -0.637. The van der Waals surface area contributed by atoms with Crippen LogP contribution < -0.4 is 16.0 Å². The van der Waals surface area contributed by atoms with E-state index in [0.29, 0.717) is 6.54 Å². The number of hydrogen-bond donors (Lipinski definition) is 3. The molecule has 0 atom stereocenters. The van der Waals surface area contributed by atoms with Crippen molar-refractivity contribution >= 4 is 11.9 Å². The molecule has 0 aliphatic heterocycles. The SMILES string of the molecule is Cc1ccc(CNC(=O)NCC(=O)NCc2ccc(F)cc2)cc1. The number of aryl methyl sites for hydroxylation is 1. The lowest BCUT2D eigenvalue weighted by Gasteiger charge is -2.09. The third kappa shape index (κ3) is 6.08. The molecule has 0 saturated carbocycles. The van der Waals surface area contributed by atoms with Crippen LogP contribution in [-0.4, -0.2) is 18.5 Å². The Morgan fingerprint density at radius 2 is 1.38 bits per heavy atom. The number of urea groups is 1. The molecule has 3 N–H and O–H groups in total. The maximum atomic E-state index is 12.8. The molecule has 2 rings (SSSR count). The highest BCUT2D eigenvalue weighted by molar-refractivity contribution is 5.83. The molecular formula is C18H20FN3O2. The van der Waals surface area contributed by atoms with Gasteiger partial charge in [0.2, 0.25) is 5.91 Å². The van der Waals surface area contributed by atoms with Crippen LogP contribution >= 0.6 is 0 Å². The molecule has 2 aromatic carbocycles. The first kappa shape index (κ1) is 17.5. The van der Waals surface area contributed by atoms with Crippen molar-refractivity contribution in [2.24, 2.45) is 0 Å². The van der Waals surface area contributed by atoms with Crippen molar-refractivity contribution in [3.05, 3.63) is 71.0 Å². The molecule has 0 aliphatic rings. The molecule has 0 heterocycles. The van der Waals surface area contributed by atoms with Gasteiger partial charge in [-0.05, 0) is 30.2 Å². The van der Waals surface area contributed by atoms with E-state index in [2.05, 4.69) is 16.0 Å². The standard InChI is InChI=1S/C18H20FN3O2/c1-13-2-4-14(5-3-13)11-21-18(24)22-12-17(23)20-10-15-6-8-16(19)9-7-15/h2-9H,10-12H2,1H3,(H,20,23)(H2,21,22,24). The lowest BCUT2D eigenvalue weighted by molar-refractivity contribution is -0.120. The molecule has 0 radical (unpaired) electrons. The zero-order chi connectivity index (χ0) is 17.4. The van der Waals surface area contributed by atoms with E-state index in [4.69, 9.17) is 0 Å². The quantitative estimate of drug-likeness (QED) is 0.761. The molecule has 0 bridgehead atoms. The predicted molar refractivity (Wildman–Crippen MR) is 89.7 cm³/mol. The zero-order valence-corrected chi connectivity index (χ0v) is 13.4. The Hall–Kier alpha value is -2.89. The average Bonchev–Trinajstić information content (AvgIpc) is 2.59. The highest BCUT2D eigenvalue weighted by Crippen LogP contribution is 2.02. The smallest absolute Gasteiger partial charge is 0.315 e. The molecule has 2 aromatic rings. The number of carbonyl (C=O) groups is 2. The summed E-state index contributed by atoms with van der Waals surface area (Å²) < 4.78 is 12.8. The van der Waals surface area contributed by atoms with E-state index in [1.165, 1.54) is 12.1 Å². The molecule has 0 spiro atoms. The minimum absolute atomic E-state index is 0.124. The summed E-state index contributed by atoms with van der Waals surface area (Å²) in [6, 6.07) is 13.3. The Bertz CT molecular complexity index is 623. The first-order chi connectivity index (χ1) is 11.5. The fraction of sp³-hybridized carbons (Fsp3) is 0.222. The molecule has 0 fully saturated rings. The normalized spacial score (nSPS) is 10.1. The van der Waals surface area contributed by atoms with Crippen molar-refractivity contribution in [1.29, 1.82) is 0 Å². The highest BCUT2D eigenvalue weighted by Gasteiger charge is 2.05. The Labute approximate surface area is 140 Å². The summed E-state index contributed by atoms with van der Waals surface area (Å²) in [4.78, 5) is 23.3. The van der Waals surface area contributed by atoms with Crippen LogP contribution in [0.2, 0.25) is 0 Å². The fourth-order valence-corrected chi connectivity index (χ4v) is 1.98. The molecule has 0 aliphatic carbocycles. The summed E-state index contributed by atoms with van der Waals surface area (Å²) in [5, 5.41) is 7.82. The second-order valence-corrected chi connectivity index (χ2v) is 5.43. The van der Waals surface area contributed by atoms with Crippen LogP contribution in [0, 0.1) is 12.7 Å². The van der Waals surface area contributed by atoms with E-state index in [1.807, 2.05) is 31.2 Å². The lowest BCUT2D eigenvalue weighted by Crippen LogP contribution is -2.41. The Kier molecular flexibility index (Phi) is 6.31. The first-order valence-electron chi connectivity index (χ1n) is 7.61. The second kappa shape index (κ2) is 8.67. The van der Waals surface area contributed by atoms with Gasteiger partial charge in [0.1, 0.15) is 5.82 Å². The van der Waals surface area contributed by atoms with E-state index < -0.39 is 6.03 Å². The molecule has 126 valence electrons. The van der Waals surface area contributed by atoms with E-state index in [1.54, 1.807) is 12.1 Å². The molecule has 0 aromatic heterocycles. The van der Waals surface area contributed by atoms with Crippen molar-refractivity contribution in [3.63, 3.8) is 0 Å². The maximum absolute atomic E-state index is 12.8. The summed E-state index contributed by atoms with van der Waals surface area (Å²) in [7, 11) is 0. The summed E-state index contributed by atoms with van der Waals surface area (Å²) >= 11 is 0. The minimum Gasteiger partial charge on any atom is -0.350 e. The second-order valence-electron chi connectivity index (χ2n) is 5.43. The molecule has 6 heteroatoms. The van der Waals surface area contributed by atoms with E-state index in [9.17, 15) is 14.0 Å². The number of halogens is 1. The van der Waals surface area contributed by atoms with Crippen LogP contribution in [0.25, 0.3) is 0 Å². The molecule has 3 amide bonds. The van der Waals surface area contributed by atoms with Crippen LogP contribution in [-0.2, 0) is 17.9 Å².